The summed E-state index contributed by atoms with van der Waals surface area (Å²) in [6.45, 7) is 3.57. The summed E-state index contributed by atoms with van der Waals surface area (Å²) in [6, 6.07) is 10.4. The van der Waals surface area contributed by atoms with Crippen molar-refractivity contribution in [3.05, 3.63) is 48.0 Å². The van der Waals surface area contributed by atoms with Crippen molar-refractivity contribution in [2.75, 3.05) is 13.2 Å². The Labute approximate surface area is 90.5 Å². The molecule has 1 aromatic carbocycles. The van der Waals surface area contributed by atoms with Crippen LogP contribution in [0.25, 0.3) is 0 Å². The van der Waals surface area contributed by atoms with Gasteiger partial charge in [-0.2, -0.15) is 0 Å². The van der Waals surface area contributed by atoms with Crippen molar-refractivity contribution in [2.45, 2.75) is 19.1 Å². The molecule has 1 fully saturated rings. The molecule has 0 radical (unpaired) electrons. The van der Waals surface area contributed by atoms with Crippen LogP contribution < -0.4 is 0 Å². The van der Waals surface area contributed by atoms with Crippen LogP contribution in [-0.2, 0) is 9.47 Å². The molecular weight excluding hydrogens is 188 g/mol. The third-order valence-corrected chi connectivity index (χ3v) is 2.53. The summed E-state index contributed by atoms with van der Waals surface area (Å²) in [7, 11) is 0. The minimum Gasteiger partial charge on any atom is -0.347 e. The van der Waals surface area contributed by atoms with E-state index >= 15 is 0 Å². The number of ether oxygens (including phenoxy) is 2. The highest BCUT2D eigenvalue weighted by atomic mass is 16.7. The van der Waals surface area contributed by atoms with E-state index < -0.39 is 0 Å². The minimum absolute atomic E-state index is 0.142. The highest BCUT2D eigenvalue weighted by molar-refractivity contribution is 5.22. The summed E-state index contributed by atoms with van der Waals surface area (Å²) in [5.41, 5.74) is 1.31. The molecule has 2 nitrogen and oxygen atoms in total. The van der Waals surface area contributed by atoms with Crippen molar-refractivity contribution in [1.82, 2.24) is 0 Å². The molecule has 0 aliphatic carbocycles. The van der Waals surface area contributed by atoms with Gasteiger partial charge >= 0.3 is 0 Å². The van der Waals surface area contributed by atoms with Crippen molar-refractivity contribution in [3.8, 4) is 0 Å². The maximum absolute atomic E-state index is 5.33. The Kier molecular flexibility index (Phi) is 3.54. The fraction of sp³-hybridized carbons (Fsp3) is 0.385. The molecule has 2 heteroatoms. The van der Waals surface area contributed by atoms with Gasteiger partial charge < -0.3 is 9.47 Å². The van der Waals surface area contributed by atoms with E-state index in [9.17, 15) is 0 Å². The first-order valence-corrected chi connectivity index (χ1v) is 5.33. The van der Waals surface area contributed by atoms with Gasteiger partial charge in [-0.3, -0.25) is 0 Å². The Morgan fingerprint density at radius 3 is 2.53 bits per heavy atom. The molecule has 0 N–H and O–H groups in total. The number of allylic oxidation sites excluding steroid dienone is 1. The van der Waals surface area contributed by atoms with Gasteiger partial charge in [-0.25, -0.2) is 0 Å². The lowest BCUT2D eigenvalue weighted by Gasteiger charge is -2.07. The maximum atomic E-state index is 5.33. The van der Waals surface area contributed by atoms with Crippen LogP contribution >= 0.6 is 0 Å². The van der Waals surface area contributed by atoms with Gasteiger partial charge in [-0.05, 0) is 17.6 Å². The predicted octanol–water partition coefficient (Wildman–Crippen LogP) is 2.72. The Balaban J connectivity index is 1.94. The minimum atomic E-state index is -0.142. The molecule has 1 unspecified atom stereocenters. The third kappa shape index (κ3) is 2.91. The van der Waals surface area contributed by atoms with E-state index in [0.29, 0.717) is 19.1 Å². The molecule has 1 heterocycles. The van der Waals surface area contributed by atoms with E-state index in [1.165, 1.54) is 5.56 Å². The van der Waals surface area contributed by atoms with E-state index in [1.54, 1.807) is 0 Å². The smallest absolute Gasteiger partial charge is 0.177 e. The first-order chi connectivity index (χ1) is 7.36. The lowest BCUT2D eigenvalue weighted by atomic mass is 10.0. The molecule has 15 heavy (non-hydrogen) atoms. The van der Waals surface area contributed by atoms with E-state index in [0.717, 1.165) is 0 Å². The molecular formula is C13H16O2. The predicted molar refractivity (Wildman–Crippen MR) is 59.7 cm³/mol. The van der Waals surface area contributed by atoms with Crippen molar-refractivity contribution in [2.24, 2.45) is 0 Å². The van der Waals surface area contributed by atoms with Crippen LogP contribution in [0.5, 0.6) is 0 Å². The van der Waals surface area contributed by atoms with Gasteiger partial charge in [-0.15, -0.1) is 0 Å². The largest absolute Gasteiger partial charge is 0.347 e. The molecule has 1 aliphatic rings. The molecule has 80 valence electrons. The highest BCUT2D eigenvalue weighted by Gasteiger charge is 2.12. The molecule has 0 spiro atoms. The van der Waals surface area contributed by atoms with Crippen molar-refractivity contribution in [3.63, 3.8) is 0 Å². The van der Waals surface area contributed by atoms with Crippen LogP contribution in [0.3, 0.4) is 0 Å². The second kappa shape index (κ2) is 5.10. The van der Waals surface area contributed by atoms with E-state index in [-0.39, 0.29) is 6.29 Å². The van der Waals surface area contributed by atoms with Crippen LogP contribution in [0.15, 0.2) is 42.5 Å². The first-order valence-electron chi connectivity index (χ1n) is 5.33. The van der Waals surface area contributed by atoms with Gasteiger partial charge in [0, 0.05) is 0 Å². The normalized spacial score (nSPS) is 19.8. The Hall–Kier alpha value is -1.12. The van der Waals surface area contributed by atoms with Crippen LogP contribution in [0.1, 0.15) is 18.4 Å². The molecule has 0 saturated carbocycles. The molecule has 1 atom stereocenters. The van der Waals surface area contributed by atoms with E-state index in [1.807, 2.05) is 12.1 Å². The molecule has 0 bridgehead atoms. The molecule has 2 rings (SSSR count). The fourth-order valence-corrected chi connectivity index (χ4v) is 1.61. The maximum Gasteiger partial charge on any atom is 0.177 e. The zero-order chi connectivity index (χ0) is 10.5. The zero-order valence-corrected chi connectivity index (χ0v) is 8.93. The Morgan fingerprint density at radius 1 is 1.20 bits per heavy atom. The summed E-state index contributed by atoms with van der Waals surface area (Å²) in [6.07, 6.45) is 3.98. The lowest BCUT2D eigenvalue weighted by Crippen LogP contribution is -2.02. The van der Waals surface area contributed by atoms with E-state index in [4.69, 9.17) is 9.47 Å². The van der Waals surface area contributed by atoms with Gasteiger partial charge in [0.2, 0.25) is 0 Å². The van der Waals surface area contributed by atoms with Gasteiger partial charge in [0.25, 0.3) is 0 Å². The second-order valence-corrected chi connectivity index (χ2v) is 3.69. The number of hydrogen-bond donors (Lipinski definition) is 0. The van der Waals surface area contributed by atoms with Crippen LogP contribution in [0.4, 0.5) is 0 Å². The van der Waals surface area contributed by atoms with Gasteiger partial charge in [0.15, 0.2) is 6.29 Å². The molecule has 1 aliphatic heterocycles. The zero-order valence-electron chi connectivity index (χ0n) is 8.93. The monoisotopic (exact) mass is 204 g/mol. The first kappa shape index (κ1) is 10.4. The quantitative estimate of drug-likeness (QED) is 0.705. The Morgan fingerprint density at radius 2 is 1.87 bits per heavy atom. The highest BCUT2D eigenvalue weighted by Crippen LogP contribution is 2.17. The molecule has 0 aromatic heterocycles. The standard InChI is InChI=1S/C13H16O2/c1-11(12-5-3-2-4-6-12)7-8-13-14-9-10-15-13/h2-8,11,13H,9-10H2,1H3. The van der Waals surface area contributed by atoms with Crippen LogP contribution in [0, 0.1) is 0 Å². The third-order valence-electron chi connectivity index (χ3n) is 2.53. The fourth-order valence-electron chi connectivity index (χ4n) is 1.61. The Bertz CT molecular complexity index is 313. The lowest BCUT2D eigenvalue weighted by molar-refractivity contribution is -0.00178. The summed E-state index contributed by atoms with van der Waals surface area (Å²) in [5.74, 6) is 0.402. The van der Waals surface area contributed by atoms with Gasteiger partial charge in [0.1, 0.15) is 0 Å². The summed E-state index contributed by atoms with van der Waals surface area (Å²) < 4.78 is 10.7. The van der Waals surface area contributed by atoms with Crippen LogP contribution in [-0.4, -0.2) is 19.5 Å². The van der Waals surface area contributed by atoms with Crippen molar-refractivity contribution < 1.29 is 9.47 Å². The van der Waals surface area contributed by atoms with Gasteiger partial charge in [-0.1, -0.05) is 43.3 Å². The summed E-state index contributed by atoms with van der Waals surface area (Å²) >= 11 is 0. The number of benzene rings is 1. The van der Waals surface area contributed by atoms with Crippen molar-refractivity contribution >= 4 is 0 Å². The SMILES string of the molecule is CC(C=CC1OCCO1)c1ccccc1. The average Bonchev–Trinajstić information content (AvgIpc) is 2.80. The number of hydrogen-bond acceptors (Lipinski definition) is 2. The summed E-state index contributed by atoms with van der Waals surface area (Å²) in [4.78, 5) is 0. The number of rotatable bonds is 3. The molecule has 0 amide bonds. The van der Waals surface area contributed by atoms with Crippen LogP contribution in [0.2, 0.25) is 0 Å². The van der Waals surface area contributed by atoms with Crippen molar-refractivity contribution in [1.29, 1.82) is 0 Å². The van der Waals surface area contributed by atoms with E-state index in [2.05, 4.69) is 37.3 Å². The molecule has 1 saturated heterocycles. The average molecular weight is 204 g/mol. The topological polar surface area (TPSA) is 18.5 Å². The summed E-state index contributed by atoms with van der Waals surface area (Å²) in [5, 5.41) is 0. The van der Waals surface area contributed by atoms with Gasteiger partial charge in [0.05, 0.1) is 13.2 Å². The second-order valence-electron chi connectivity index (χ2n) is 3.69. The molecule has 1 aromatic rings.